The second-order valence-corrected chi connectivity index (χ2v) is 2.37. The van der Waals surface area contributed by atoms with Crippen molar-refractivity contribution in [1.29, 1.82) is 0 Å². The van der Waals surface area contributed by atoms with E-state index in [0.29, 0.717) is 0 Å². The zero-order chi connectivity index (χ0) is 3.58. The quantitative estimate of drug-likeness (QED) is 0.239. The predicted molar refractivity (Wildman–Crippen MR) is 30.2 cm³/mol. The maximum absolute atomic E-state index is 4.94. The van der Waals surface area contributed by atoms with E-state index in [2.05, 4.69) is 21.6 Å². The van der Waals surface area contributed by atoms with Crippen LogP contribution < -0.4 is 0 Å². The van der Waals surface area contributed by atoms with Crippen LogP contribution >= 0.6 is 21.6 Å². The van der Waals surface area contributed by atoms with E-state index in [-0.39, 0.29) is 5.60 Å². The summed E-state index contributed by atoms with van der Waals surface area (Å²) < 4.78 is 0. The van der Waals surface area contributed by atoms with Gasteiger partial charge in [-0.25, -0.2) is 12.5 Å². The van der Waals surface area contributed by atoms with Crippen LogP contribution in [-0.2, 0) is 0 Å². The Hall–Kier alpha value is 0.910. The summed E-state index contributed by atoms with van der Waals surface area (Å²) in [6.07, 6.45) is 0. The van der Waals surface area contributed by atoms with E-state index in [0.717, 1.165) is 0 Å². The number of rotatable bonds is 0. The predicted octanol–water partition coefficient (Wildman–Crippen LogP) is -0.0553. The highest BCUT2D eigenvalue weighted by molar-refractivity contribution is 8.30. The molecule has 0 aromatic heterocycles. The molecule has 0 fully saturated rings. The first-order valence-electron chi connectivity index (χ1n) is 0.925. The molecule has 0 aliphatic heterocycles. The molecular weight excluding hydrogens is 84.7 g/mol. The van der Waals surface area contributed by atoms with Gasteiger partial charge in [0.05, 0.1) is 0 Å². The topological polar surface area (TPSA) is 0 Å². The molecule has 0 nitrogen and oxygen atoms in total. The Morgan fingerprint density at radius 3 is 2.00 bits per heavy atom. The van der Waals surface area contributed by atoms with Gasteiger partial charge in [-0.05, 0) is 0 Å². The summed E-state index contributed by atoms with van der Waals surface area (Å²) in [6, 6.07) is 0. The third kappa shape index (κ3) is 12.8. The molecule has 0 aromatic carbocycles. The molecule has 2 radical (unpaired) electrons. The van der Waals surface area contributed by atoms with Crippen LogP contribution in [0.5, 0.6) is 0 Å². The number of hydrogen-bond acceptors (Lipinski definition) is 1. The molecule has 0 aromatic rings. The second-order valence-electron chi connectivity index (χ2n) is 0.491. The lowest BCUT2D eigenvalue weighted by atomic mass is 9.77. The average Bonchev–Trinajstić information content (AvgIpc) is 0.811. The summed E-state index contributed by atoms with van der Waals surface area (Å²) in [5, 5.41) is 0. The highest BCUT2D eigenvalue weighted by Crippen LogP contribution is 1.87. The van der Waals surface area contributed by atoms with E-state index < -0.39 is 0 Å². The number of thiol groups is 1. The molecule has 0 aliphatic carbocycles. The standard InChI is InChI=1S/B2H3PS/c1-2(3)4/h4H,3H2. The van der Waals surface area contributed by atoms with E-state index >= 15 is 0 Å². The molecule has 0 N–H and O–H groups in total. The van der Waals surface area contributed by atoms with Gasteiger partial charge in [0.15, 0.2) is 5.60 Å². The highest BCUT2D eigenvalue weighted by atomic mass is 32.1. The van der Waals surface area contributed by atoms with E-state index in [1.807, 2.05) is 0 Å². The maximum atomic E-state index is 4.94. The Morgan fingerprint density at radius 2 is 2.00 bits per heavy atom. The zero-order valence-corrected chi connectivity index (χ0v) is 4.23. The van der Waals surface area contributed by atoms with E-state index in [9.17, 15) is 0 Å². The fourth-order valence-corrected chi connectivity index (χ4v) is 0. The molecule has 0 bridgehead atoms. The molecule has 0 rings (SSSR count). The van der Waals surface area contributed by atoms with Gasteiger partial charge in [0.25, 0.3) is 0 Å². The first kappa shape index (κ1) is 4.91. The first-order valence-corrected chi connectivity index (χ1v) is 2.11. The SMILES string of the molecule is [B]B(P)S. The van der Waals surface area contributed by atoms with Gasteiger partial charge in [0.1, 0.15) is 0 Å². The average molecular weight is 87.7 g/mol. The highest BCUT2D eigenvalue weighted by Gasteiger charge is 1.77. The van der Waals surface area contributed by atoms with Gasteiger partial charge >= 0.3 is 0 Å². The molecule has 20 valence electrons. The van der Waals surface area contributed by atoms with E-state index in [1.54, 1.807) is 0 Å². The first-order chi connectivity index (χ1) is 1.73. The molecule has 0 amide bonds. The fraction of sp³-hybridized carbons (Fsp3) is 0. The molecule has 1 unspecified atom stereocenters. The molecule has 0 aliphatic rings. The molecular formula is H3B2PS. The Bertz CT molecular complexity index is 10.8. The van der Waals surface area contributed by atoms with Crippen LogP contribution in [0.15, 0.2) is 0 Å². The monoisotopic (exact) mass is 88.0 g/mol. The molecule has 4 heavy (non-hydrogen) atoms. The summed E-state index contributed by atoms with van der Waals surface area (Å²) in [7, 11) is 7.24. The largest absolute Gasteiger partial charge is 0.232 e. The van der Waals surface area contributed by atoms with Crippen molar-refractivity contribution in [2.24, 2.45) is 0 Å². The smallest absolute Gasteiger partial charge is 0.176 e. The van der Waals surface area contributed by atoms with Crippen molar-refractivity contribution in [3.8, 4) is 0 Å². The summed E-state index contributed by atoms with van der Waals surface area (Å²) >= 11 is 3.71. The third-order valence-corrected chi connectivity index (χ3v) is 0. The van der Waals surface area contributed by atoms with Crippen molar-refractivity contribution < 1.29 is 0 Å². The Balaban J connectivity index is 2.32. The van der Waals surface area contributed by atoms with Crippen molar-refractivity contribution in [2.75, 3.05) is 0 Å². The molecule has 0 saturated heterocycles. The minimum atomic E-state index is -0.0556. The fourth-order valence-electron chi connectivity index (χ4n) is 0. The minimum Gasteiger partial charge on any atom is -0.232 e. The van der Waals surface area contributed by atoms with Crippen LogP contribution in [0, 0.1) is 0 Å². The zero-order valence-electron chi connectivity index (χ0n) is 2.18. The van der Waals surface area contributed by atoms with Crippen molar-refractivity contribution >= 4 is 34.9 Å². The van der Waals surface area contributed by atoms with Crippen LogP contribution in [0.2, 0.25) is 0 Å². The van der Waals surface area contributed by atoms with Gasteiger partial charge in [-0.1, -0.05) is 0 Å². The third-order valence-electron chi connectivity index (χ3n) is 0. The number of hydrogen-bond donors (Lipinski definition) is 1. The van der Waals surface area contributed by atoms with Crippen LogP contribution in [0.3, 0.4) is 0 Å². The summed E-state index contributed by atoms with van der Waals surface area (Å²) in [5.41, 5.74) is -0.0556. The molecule has 0 spiro atoms. The van der Waals surface area contributed by atoms with Gasteiger partial charge in [0, 0.05) is 7.74 Å². The second kappa shape index (κ2) is 2.17. The van der Waals surface area contributed by atoms with Crippen LogP contribution in [0.4, 0.5) is 0 Å². The van der Waals surface area contributed by atoms with E-state index in [4.69, 9.17) is 7.74 Å². The van der Waals surface area contributed by atoms with Gasteiger partial charge in [-0.2, -0.15) is 9.12 Å². The Labute approximate surface area is 35.7 Å². The van der Waals surface area contributed by atoms with Gasteiger partial charge < -0.3 is 0 Å². The lowest BCUT2D eigenvalue weighted by Gasteiger charge is -1.71. The van der Waals surface area contributed by atoms with Gasteiger partial charge in [0.2, 0.25) is 0 Å². The van der Waals surface area contributed by atoms with Crippen LogP contribution in [-0.4, -0.2) is 13.3 Å². The van der Waals surface area contributed by atoms with Crippen molar-refractivity contribution in [3.05, 3.63) is 0 Å². The molecule has 4 heteroatoms. The van der Waals surface area contributed by atoms with Gasteiger partial charge in [-0.3, -0.25) is 0 Å². The summed E-state index contributed by atoms with van der Waals surface area (Å²) in [6.45, 7) is 0. The van der Waals surface area contributed by atoms with E-state index in [1.165, 1.54) is 0 Å². The Morgan fingerprint density at radius 1 is 2.00 bits per heavy atom. The van der Waals surface area contributed by atoms with Crippen LogP contribution in [0.25, 0.3) is 0 Å². The van der Waals surface area contributed by atoms with Crippen molar-refractivity contribution in [1.82, 2.24) is 0 Å². The summed E-state index contributed by atoms with van der Waals surface area (Å²) in [4.78, 5) is 0. The minimum absolute atomic E-state index is 0.0556. The molecule has 0 heterocycles. The maximum Gasteiger partial charge on any atom is 0.176 e. The lowest BCUT2D eigenvalue weighted by molar-refractivity contribution is 4.35. The van der Waals surface area contributed by atoms with Crippen LogP contribution in [0.1, 0.15) is 0 Å². The lowest BCUT2D eigenvalue weighted by Crippen LogP contribution is -1.84. The normalized spacial score (nSPS) is 6.50. The Kier molecular flexibility index (Phi) is 2.66. The molecule has 1 atom stereocenters. The van der Waals surface area contributed by atoms with Crippen molar-refractivity contribution in [3.63, 3.8) is 0 Å². The summed E-state index contributed by atoms with van der Waals surface area (Å²) in [5.74, 6) is 0. The molecule has 0 saturated carbocycles. The van der Waals surface area contributed by atoms with Crippen molar-refractivity contribution in [2.45, 2.75) is 0 Å². The van der Waals surface area contributed by atoms with Gasteiger partial charge in [-0.15, -0.1) is 0 Å².